The second-order valence-corrected chi connectivity index (χ2v) is 6.69. The zero-order valence-electron chi connectivity index (χ0n) is 16.4. The molecule has 28 heavy (non-hydrogen) atoms. The molecule has 0 radical (unpaired) electrons. The maximum absolute atomic E-state index is 13.8. The van der Waals surface area contributed by atoms with Gasteiger partial charge in [0.1, 0.15) is 11.9 Å². The molecule has 148 valence electrons. The number of methoxy groups -OCH3 is 1. The first-order chi connectivity index (χ1) is 13.5. The van der Waals surface area contributed by atoms with E-state index in [4.69, 9.17) is 9.47 Å². The Morgan fingerprint density at radius 2 is 2.14 bits per heavy atom. The highest BCUT2D eigenvalue weighted by Gasteiger charge is 2.26. The van der Waals surface area contributed by atoms with Crippen molar-refractivity contribution in [3.63, 3.8) is 0 Å². The quantitative estimate of drug-likeness (QED) is 0.714. The lowest BCUT2D eigenvalue weighted by Crippen LogP contribution is -2.46. The summed E-state index contributed by atoms with van der Waals surface area (Å²) < 4.78 is 24.7. The van der Waals surface area contributed by atoms with Gasteiger partial charge < -0.3 is 19.3 Å². The number of hydrogen-bond acceptors (Lipinski definition) is 4. The molecule has 0 aliphatic carbocycles. The van der Waals surface area contributed by atoms with Crippen molar-refractivity contribution in [2.24, 2.45) is 0 Å². The molecule has 1 aliphatic rings. The van der Waals surface area contributed by atoms with Gasteiger partial charge in [-0.25, -0.2) is 4.39 Å². The largest absolute Gasteiger partial charge is 0.494 e. The summed E-state index contributed by atoms with van der Waals surface area (Å²) in [4.78, 5) is 16.3. The molecule has 1 atom stereocenters. The summed E-state index contributed by atoms with van der Waals surface area (Å²) in [6.45, 7) is 4.16. The van der Waals surface area contributed by atoms with Crippen LogP contribution in [0.15, 0.2) is 48.5 Å². The average Bonchev–Trinajstić information content (AvgIpc) is 2.71. The number of para-hydroxylation sites is 2. The van der Waals surface area contributed by atoms with Gasteiger partial charge in [-0.2, -0.15) is 0 Å². The molecule has 0 saturated carbocycles. The molecule has 0 bridgehead atoms. The molecule has 3 rings (SSSR count). The van der Waals surface area contributed by atoms with Crippen LogP contribution in [0.2, 0.25) is 0 Å². The Hall–Kier alpha value is -3.02. The summed E-state index contributed by atoms with van der Waals surface area (Å²) >= 11 is 0. The van der Waals surface area contributed by atoms with Gasteiger partial charge in [-0.15, -0.1) is 0 Å². The number of rotatable bonds is 6. The van der Waals surface area contributed by atoms with Crippen LogP contribution in [0.3, 0.4) is 0 Å². The first-order valence-corrected chi connectivity index (χ1v) is 9.29. The second kappa shape index (κ2) is 8.78. The summed E-state index contributed by atoms with van der Waals surface area (Å²) in [6, 6.07) is 12.5. The third kappa shape index (κ3) is 4.44. The lowest BCUT2D eigenvalue weighted by molar-refractivity contribution is -0.125. The fourth-order valence-corrected chi connectivity index (χ4v) is 3.25. The number of hydrogen-bond donors (Lipinski definition) is 0. The van der Waals surface area contributed by atoms with E-state index in [1.165, 1.54) is 25.3 Å². The van der Waals surface area contributed by atoms with Crippen molar-refractivity contribution in [1.29, 1.82) is 0 Å². The number of benzene rings is 2. The predicted molar refractivity (Wildman–Crippen MR) is 108 cm³/mol. The van der Waals surface area contributed by atoms with Crippen LogP contribution in [-0.4, -0.2) is 50.7 Å². The Morgan fingerprint density at radius 3 is 2.86 bits per heavy atom. The SMILES string of the molecule is CCN1C[C@H](CN(C)C(=O)/C=C/c2ccc(OC)c(F)c2)Oc2ccccc21. The maximum Gasteiger partial charge on any atom is 0.246 e. The molecule has 2 aromatic rings. The number of anilines is 1. The summed E-state index contributed by atoms with van der Waals surface area (Å²) in [5.74, 6) is 0.391. The van der Waals surface area contributed by atoms with E-state index in [0.29, 0.717) is 12.1 Å². The molecule has 0 unspecified atom stereocenters. The van der Waals surface area contributed by atoms with Gasteiger partial charge in [0.05, 0.1) is 25.9 Å². The van der Waals surface area contributed by atoms with Crippen molar-refractivity contribution in [2.75, 3.05) is 38.7 Å². The number of carbonyl (C=O) groups excluding carboxylic acids is 1. The molecule has 1 amide bonds. The second-order valence-electron chi connectivity index (χ2n) is 6.69. The van der Waals surface area contributed by atoms with Crippen LogP contribution in [0.25, 0.3) is 6.08 Å². The Bertz CT molecular complexity index is 869. The fourth-order valence-electron chi connectivity index (χ4n) is 3.25. The highest BCUT2D eigenvalue weighted by atomic mass is 19.1. The van der Waals surface area contributed by atoms with Gasteiger partial charge in [0.15, 0.2) is 11.6 Å². The minimum absolute atomic E-state index is 0.115. The number of halogens is 1. The highest BCUT2D eigenvalue weighted by Crippen LogP contribution is 2.32. The summed E-state index contributed by atoms with van der Waals surface area (Å²) in [7, 11) is 3.15. The van der Waals surface area contributed by atoms with E-state index in [0.717, 1.165) is 24.5 Å². The summed E-state index contributed by atoms with van der Waals surface area (Å²) in [5, 5.41) is 0. The van der Waals surface area contributed by atoms with Crippen LogP contribution >= 0.6 is 0 Å². The van der Waals surface area contributed by atoms with Gasteiger partial charge in [0.2, 0.25) is 5.91 Å². The van der Waals surface area contributed by atoms with Crippen LogP contribution in [0.5, 0.6) is 11.5 Å². The van der Waals surface area contributed by atoms with Gasteiger partial charge in [-0.05, 0) is 42.8 Å². The van der Waals surface area contributed by atoms with Gasteiger partial charge in [-0.1, -0.05) is 18.2 Å². The third-order valence-corrected chi connectivity index (χ3v) is 4.75. The number of ether oxygens (including phenoxy) is 2. The van der Waals surface area contributed by atoms with E-state index >= 15 is 0 Å². The van der Waals surface area contributed by atoms with Gasteiger partial charge >= 0.3 is 0 Å². The summed E-state index contributed by atoms with van der Waals surface area (Å²) in [5.41, 5.74) is 1.68. The number of amides is 1. The Kier molecular flexibility index (Phi) is 6.19. The topological polar surface area (TPSA) is 42.0 Å². The summed E-state index contributed by atoms with van der Waals surface area (Å²) in [6.07, 6.45) is 2.92. The van der Waals surface area contributed by atoms with E-state index in [1.807, 2.05) is 24.3 Å². The smallest absolute Gasteiger partial charge is 0.246 e. The zero-order chi connectivity index (χ0) is 20.1. The Morgan fingerprint density at radius 1 is 1.36 bits per heavy atom. The molecule has 0 spiro atoms. The minimum Gasteiger partial charge on any atom is -0.494 e. The molecule has 1 heterocycles. The number of fused-ring (bicyclic) bond motifs is 1. The van der Waals surface area contributed by atoms with Crippen molar-refractivity contribution >= 4 is 17.7 Å². The molecule has 0 fully saturated rings. The molecule has 0 N–H and O–H groups in total. The van der Waals surface area contributed by atoms with Crippen LogP contribution in [0, 0.1) is 5.82 Å². The molecule has 2 aromatic carbocycles. The monoisotopic (exact) mass is 384 g/mol. The van der Waals surface area contributed by atoms with Crippen molar-refractivity contribution in [3.8, 4) is 11.5 Å². The standard InChI is InChI=1S/C22H25FN2O3/c1-4-25-15-17(28-21-8-6-5-7-19(21)25)14-24(2)22(26)12-10-16-9-11-20(27-3)18(23)13-16/h5-13,17H,4,14-15H2,1-3H3/b12-10+/t17-/m0/s1. The number of nitrogens with zero attached hydrogens (tertiary/aromatic N) is 2. The fraction of sp³-hybridized carbons (Fsp3) is 0.318. The Labute approximate surface area is 165 Å². The first kappa shape index (κ1) is 19.7. The van der Waals surface area contributed by atoms with Crippen molar-refractivity contribution in [1.82, 2.24) is 4.90 Å². The molecule has 0 aromatic heterocycles. The Balaban J connectivity index is 1.62. The van der Waals surface area contributed by atoms with Crippen molar-refractivity contribution < 1.29 is 18.7 Å². The van der Waals surface area contributed by atoms with E-state index in [-0.39, 0.29) is 17.8 Å². The molecular formula is C22H25FN2O3. The zero-order valence-corrected chi connectivity index (χ0v) is 16.4. The van der Waals surface area contributed by atoms with Crippen LogP contribution in [0.4, 0.5) is 10.1 Å². The minimum atomic E-state index is -0.459. The molecule has 6 heteroatoms. The maximum atomic E-state index is 13.8. The molecule has 1 aliphatic heterocycles. The van der Waals surface area contributed by atoms with Crippen LogP contribution in [0.1, 0.15) is 12.5 Å². The first-order valence-electron chi connectivity index (χ1n) is 9.29. The van der Waals surface area contributed by atoms with E-state index in [2.05, 4.69) is 11.8 Å². The van der Waals surface area contributed by atoms with Crippen molar-refractivity contribution in [2.45, 2.75) is 13.0 Å². The molecular weight excluding hydrogens is 359 g/mol. The number of carbonyl (C=O) groups is 1. The lowest BCUT2D eigenvalue weighted by Gasteiger charge is -2.37. The van der Waals surface area contributed by atoms with E-state index < -0.39 is 5.82 Å². The van der Waals surface area contributed by atoms with E-state index in [1.54, 1.807) is 24.1 Å². The predicted octanol–water partition coefficient (Wildman–Crippen LogP) is 3.59. The highest BCUT2D eigenvalue weighted by molar-refractivity contribution is 5.91. The normalized spacial score (nSPS) is 15.9. The molecule has 0 saturated heterocycles. The van der Waals surface area contributed by atoms with Crippen molar-refractivity contribution in [3.05, 3.63) is 59.9 Å². The molecule has 5 nitrogen and oxygen atoms in total. The lowest BCUT2D eigenvalue weighted by atomic mass is 10.1. The average molecular weight is 384 g/mol. The van der Waals surface area contributed by atoms with E-state index in [9.17, 15) is 9.18 Å². The third-order valence-electron chi connectivity index (χ3n) is 4.75. The van der Waals surface area contributed by atoms with Gasteiger partial charge in [0, 0.05) is 19.7 Å². The van der Waals surface area contributed by atoms with Crippen LogP contribution < -0.4 is 14.4 Å². The van der Waals surface area contributed by atoms with Crippen LogP contribution in [-0.2, 0) is 4.79 Å². The van der Waals surface area contributed by atoms with Gasteiger partial charge in [-0.3, -0.25) is 4.79 Å². The number of likely N-dealkylation sites (N-methyl/N-ethyl adjacent to an activating group) is 2. The van der Waals surface area contributed by atoms with Gasteiger partial charge in [0.25, 0.3) is 0 Å².